The molecule has 2 rings (SSSR count). The van der Waals surface area contributed by atoms with E-state index in [1.165, 1.54) is 18.3 Å². The second-order valence-corrected chi connectivity index (χ2v) is 4.79. The minimum absolute atomic E-state index is 0.0440. The van der Waals surface area contributed by atoms with Crippen LogP contribution in [-0.4, -0.2) is 34.9 Å². The van der Waals surface area contributed by atoms with Crippen molar-refractivity contribution in [3.05, 3.63) is 29.8 Å². The summed E-state index contributed by atoms with van der Waals surface area (Å²) in [4.78, 5) is 17.6. The molecular weight excluding hydrogens is 233 g/mol. The molecule has 2 N–H and O–H groups in total. The summed E-state index contributed by atoms with van der Waals surface area (Å²) in [5, 5.41) is 0. The maximum atomic E-state index is 13.0. The molecule has 98 valence electrons. The van der Waals surface area contributed by atoms with E-state index in [4.69, 9.17) is 5.73 Å². The van der Waals surface area contributed by atoms with Crippen LogP contribution in [0.1, 0.15) is 30.1 Å². The van der Waals surface area contributed by atoms with Crippen LogP contribution in [0.4, 0.5) is 4.39 Å². The quantitative estimate of drug-likeness (QED) is 0.809. The third-order valence-corrected chi connectivity index (χ3v) is 3.59. The van der Waals surface area contributed by atoms with Crippen molar-refractivity contribution in [2.45, 2.75) is 25.8 Å². The zero-order valence-electron chi connectivity index (χ0n) is 10.5. The Morgan fingerprint density at radius 1 is 1.67 bits per heavy atom. The number of nitrogens with zero attached hydrogens (tertiary/aromatic N) is 2. The molecule has 0 radical (unpaired) electrons. The van der Waals surface area contributed by atoms with E-state index in [1.807, 2.05) is 0 Å². The van der Waals surface area contributed by atoms with Crippen molar-refractivity contribution >= 4 is 5.91 Å². The van der Waals surface area contributed by atoms with Gasteiger partial charge >= 0.3 is 0 Å². The highest BCUT2D eigenvalue weighted by Gasteiger charge is 2.31. The number of nitrogens with two attached hydrogens (primary N) is 1. The van der Waals surface area contributed by atoms with Gasteiger partial charge in [-0.2, -0.15) is 4.39 Å². The van der Waals surface area contributed by atoms with E-state index >= 15 is 0 Å². The van der Waals surface area contributed by atoms with Crippen molar-refractivity contribution in [3.8, 4) is 0 Å². The SMILES string of the molecule is CC1CCCN(C(=O)c2ccnc(F)c2)C1CN. The minimum Gasteiger partial charge on any atom is -0.334 e. The van der Waals surface area contributed by atoms with Crippen LogP contribution in [0.5, 0.6) is 0 Å². The van der Waals surface area contributed by atoms with Gasteiger partial charge in [-0.25, -0.2) is 4.98 Å². The number of carbonyl (C=O) groups excluding carboxylic acids is 1. The van der Waals surface area contributed by atoms with Gasteiger partial charge < -0.3 is 10.6 Å². The lowest BCUT2D eigenvalue weighted by atomic mass is 9.90. The van der Waals surface area contributed by atoms with E-state index in [9.17, 15) is 9.18 Å². The number of piperidine rings is 1. The Morgan fingerprint density at radius 2 is 2.44 bits per heavy atom. The summed E-state index contributed by atoms with van der Waals surface area (Å²) in [5.41, 5.74) is 6.09. The molecule has 4 nitrogen and oxygen atoms in total. The predicted molar refractivity (Wildman–Crippen MR) is 66.5 cm³/mol. The van der Waals surface area contributed by atoms with Crippen LogP contribution in [0.3, 0.4) is 0 Å². The lowest BCUT2D eigenvalue weighted by Crippen LogP contribution is -2.51. The number of aromatic nitrogens is 1. The molecule has 0 aliphatic carbocycles. The Hall–Kier alpha value is -1.49. The molecule has 2 heterocycles. The fourth-order valence-electron chi connectivity index (χ4n) is 2.56. The molecule has 1 saturated heterocycles. The summed E-state index contributed by atoms with van der Waals surface area (Å²) in [7, 11) is 0. The molecule has 0 bridgehead atoms. The number of pyridine rings is 1. The van der Waals surface area contributed by atoms with Crippen LogP contribution in [0.2, 0.25) is 0 Å². The van der Waals surface area contributed by atoms with Crippen molar-refractivity contribution in [3.63, 3.8) is 0 Å². The van der Waals surface area contributed by atoms with E-state index in [2.05, 4.69) is 11.9 Å². The Labute approximate surface area is 106 Å². The number of likely N-dealkylation sites (tertiary alicyclic amines) is 1. The third-order valence-electron chi connectivity index (χ3n) is 3.59. The first-order valence-electron chi connectivity index (χ1n) is 6.26. The fourth-order valence-corrected chi connectivity index (χ4v) is 2.56. The topological polar surface area (TPSA) is 59.2 Å². The van der Waals surface area contributed by atoms with E-state index < -0.39 is 5.95 Å². The summed E-state index contributed by atoms with van der Waals surface area (Å²) in [6.07, 6.45) is 3.36. The number of hydrogen-bond donors (Lipinski definition) is 1. The van der Waals surface area contributed by atoms with Gasteiger partial charge in [-0.3, -0.25) is 4.79 Å². The number of halogens is 1. The summed E-state index contributed by atoms with van der Waals surface area (Å²) in [6.45, 7) is 3.24. The second-order valence-electron chi connectivity index (χ2n) is 4.79. The van der Waals surface area contributed by atoms with Crippen LogP contribution in [-0.2, 0) is 0 Å². The van der Waals surface area contributed by atoms with Crippen molar-refractivity contribution in [2.24, 2.45) is 11.7 Å². The number of amides is 1. The molecule has 0 saturated carbocycles. The molecule has 2 unspecified atom stereocenters. The number of carbonyl (C=O) groups is 1. The van der Waals surface area contributed by atoms with Crippen LogP contribution in [0, 0.1) is 11.9 Å². The van der Waals surface area contributed by atoms with Gasteiger partial charge in [0.2, 0.25) is 5.95 Å². The molecule has 0 spiro atoms. The highest BCUT2D eigenvalue weighted by molar-refractivity contribution is 5.94. The van der Waals surface area contributed by atoms with Crippen molar-refractivity contribution in [1.29, 1.82) is 0 Å². The first kappa shape index (κ1) is 13.0. The van der Waals surface area contributed by atoms with Crippen LogP contribution in [0.25, 0.3) is 0 Å². The van der Waals surface area contributed by atoms with Gasteiger partial charge in [-0.15, -0.1) is 0 Å². The molecule has 5 heteroatoms. The largest absolute Gasteiger partial charge is 0.334 e. The van der Waals surface area contributed by atoms with Gasteiger partial charge in [-0.1, -0.05) is 6.92 Å². The lowest BCUT2D eigenvalue weighted by Gasteiger charge is -2.39. The smallest absolute Gasteiger partial charge is 0.254 e. The van der Waals surface area contributed by atoms with Gasteiger partial charge in [0, 0.05) is 37.0 Å². The highest BCUT2D eigenvalue weighted by Crippen LogP contribution is 2.24. The van der Waals surface area contributed by atoms with E-state index in [1.54, 1.807) is 4.90 Å². The monoisotopic (exact) mass is 251 g/mol. The van der Waals surface area contributed by atoms with Gasteiger partial charge in [0.25, 0.3) is 5.91 Å². The number of hydrogen-bond acceptors (Lipinski definition) is 3. The van der Waals surface area contributed by atoms with Gasteiger partial charge in [0.1, 0.15) is 0 Å². The van der Waals surface area contributed by atoms with Gasteiger partial charge in [-0.05, 0) is 24.8 Å². The van der Waals surface area contributed by atoms with Crippen molar-refractivity contribution < 1.29 is 9.18 Å². The van der Waals surface area contributed by atoms with Gasteiger partial charge in [0.15, 0.2) is 0 Å². The minimum atomic E-state index is -0.629. The van der Waals surface area contributed by atoms with Crippen molar-refractivity contribution in [1.82, 2.24) is 9.88 Å². The Balaban J connectivity index is 2.21. The van der Waals surface area contributed by atoms with Crippen LogP contribution in [0.15, 0.2) is 18.3 Å². The average molecular weight is 251 g/mol. The van der Waals surface area contributed by atoms with Crippen LogP contribution < -0.4 is 5.73 Å². The average Bonchev–Trinajstić information content (AvgIpc) is 2.37. The predicted octanol–water partition coefficient (Wildman–Crippen LogP) is 1.42. The fraction of sp³-hybridized carbons (Fsp3) is 0.538. The summed E-state index contributed by atoms with van der Waals surface area (Å²) in [6, 6.07) is 2.76. The molecular formula is C13H18FN3O. The molecule has 1 aromatic heterocycles. The third kappa shape index (κ3) is 2.51. The van der Waals surface area contributed by atoms with Gasteiger partial charge in [0.05, 0.1) is 0 Å². The Morgan fingerprint density at radius 3 is 3.11 bits per heavy atom. The lowest BCUT2D eigenvalue weighted by molar-refractivity contribution is 0.0532. The molecule has 1 aromatic rings. The second kappa shape index (κ2) is 5.44. The first-order valence-corrected chi connectivity index (χ1v) is 6.26. The number of rotatable bonds is 2. The molecule has 1 aliphatic rings. The Kier molecular flexibility index (Phi) is 3.91. The maximum absolute atomic E-state index is 13.0. The normalized spacial score (nSPS) is 24.1. The van der Waals surface area contributed by atoms with Crippen molar-refractivity contribution in [2.75, 3.05) is 13.1 Å². The highest BCUT2D eigenvalue weighted by atomic mass is 19.1. The molecule has 1 aliphatic heterocycles. The van der Waals surface area contributed by atoms with E-state index in [-0.39, 0.29) is 11.9 Å². The summed E-state index contributed by atoms with van der Waals surface area (Å²) in [5.74, 6) is -0.395. The maximum Gasteiger partial charge on any atom is 0.254 e. The summed E-state index contributed by atoms with van der Waals surface area (Å²) >= 11 is 0. The van der Waals surface area contributed by atoms with E-state index in [0.717, 1.165) is 12.8 Å². The molecule has 0 aromatic carbocycles. The van der Waals surface area contributed by atoms with Crippen LogP contribution >= 0.6 is 0 Å². The van der Waals surface area contributed by atoms with E-state index in [0.29, 0.717) is 24.6 Å². The first-order chi connectivity index (χ1) is 8.63. The zero-order valence-corrected chi connectivity index (χ0v) is 10.5. The molecule has 2 atom stereocenters. The standard InChI is InChI=1S/C13H18FN3O/c1-9-3-2-6-17(11(9)8-15)13(18)10-4-5-16-12(14)7-10/h4-5,7,9,11H,2-3,6,8,15H2,1H3. The summed E-state index contributed by atoms with van der Waals surface area (Å²) < 4.78 is 13.0. The molecule has 18 heavy (non-hydrogen) atoms. The zero-order chi connectivity index (χ0) is 13.1. The molecule has 1 fully saturated rings. The Bertz CT molecular complexity index is 438. The molecule has 1 amide bonds.